The number of hydrogen-bond acceptors (Lipinski definition) is 2. The lowest BCUT2D eigenvalue weighted by Crippen LogP contribution is -2.44. The van der Waals surface area contributed by atoms with Crippen LogP contribution < -0.4 is 5.32 Å². The summed E-state index contributed by atoms with van der Waals surface area (Å²) < 4.78 is 5.60. The molecule has 0 aliphatic heterocycles. The lowest BCUT2D eigenvalue weighted by molar-refractivity contribution is 0.0384. The first-order valence-corrected chi connectivity index (χ1v) is 7.06. The zero-order valence-electron chi connectivity index (χ0n) is 11.8. The van der Waals surface area contributed by atoms with Crippen molar-refractivity contribution < 1.29 is 4.74 Å². The van der Waals surface area contributed by atoms with Crippen molar-refractivity contribution >= 4 is 0 Å². The van der Waals surface area contributed by atoms with E-state index in [0.29, 0.717) is 18.2 Å². The summed E-state index contributed by atoms with van der Waals surface area (Å²) in [6.07, 6.45) is 5.42. The summed E-state index contributed by atoms with van der Waals surface area (Å²) in [5.41, 5.74) is 2.68. The Morgan fingerprint density at radius 2 is 1.83 bits per heavy atom. The predicted molar refractivity (Wildman–Crippen MR) is 75.8 cm³/mol. The molecule has 0 heterocycles. The van der Waals surface area contributed by atoms with E-state index in [9.17, 15) is 0 Å². The number of rotatable bonds is 4. The van der Waals surface area contributed by atoms with Gasteiger partial charge in [0.15, 0.2) is 0 Å². The van der Waals surface area contributed by atoms with Gasteiger partial charge in [-0.3, -0.25) is 0 Å². The average molecular weight is 247 g/mol. The molecule has 0 radical (unpaired) electrons. The summed E-state index contributed by atoms with van der Waals surface area (Å²) >= 11 is 0. The van der Waals surface area contributed by atoms with Crippen LogP contribution in [-0.2, 0) is 4.74 Å². The minimum atomic E-state index is 0.381. The van der Waals surface area contributed by atoms with E-state index in [4.69, 9.17) is 4.74 Å². The third kappa shape index (κ3) is 3.33. The van der Waals surface area contributed by atoms with Gasteiger partial charge < -0.3 is 10.1 Å². The van der Waals surface area contributed by atoms with Gasteiger partial charge in [-0.05, 0) is 32.3 Å². The van der Waals surface area contributed by atoms with Crippen molar-refractivity contribution in [1.82, 2.24) is 5.32 Å². The van der Waals surface area contributed by atoms with Gasteiger partial charge in [-0.2, -0.15) is 0 Å². The van der Waals surface area contributed by atoms with Crippen LogP contribution in [0.5, 0.6) is 0 Å². The minimum absolute atomic E-state index is 0.381. The molecule has 18 heavy (non-hydrogen) atoms. The fourth-order valence-corrected chi connectivity index (χ4v) is 2.84. The van der Waals surface area contributed by atoms with Crippen molar-refractivity contribution in [3.63, 3.8) is 0 Å². The number of aryl methyl sites for hydroxylation is 1. The number of benzene rings is 1. The highest BCUT2D eigenvalue weighted by Crippen LogP contribution is 2.23. The van der Waals surface area contributed by atoms with Crippen LogP contribution in [0.1, 0.15) is 49.8 Å². The molecule has 1 fully saturated rings. The molecule has 2 unspecified atom stereocenters. The fraction of sp³-hybridized carbons (Fsp3) is 0.625. The first-order valence-electron chi connectivity index (χ1n) is 7.06. The SMILES string of the molecule is COC1CCCCC1N[C@H](C)c1ccc(C)cc1. The molecule has 0 amide bonds. The van der Waals surface area contributed by atoms with Crippen LogP contribution in [0.15, 0.2) is 24.3 Å². The predicted octanol–water partition coefficient (Wildman–Crippen LogP) is 3.60. The highest BCUT2D eigenvalue weighted by Gasteiger charge is 2.25. The molecule has 0 bridgehead atoms. The maximum atomic E-state index is 5.60. The van der Waals surface area contributed by atoms with Crippen molar-refractivity contribution in [3.05, 3.63) is 35.4 Å². The first-order chi connectivity index (χ1) is 8.70. The van der Waals surface area contributed by atoms with E-state index in [2.05, 4.69) is 43.4 Å². The molecule has 1 aromatic carbocycles. The molecule has 3 atom stereocenters. The van der Waals surface area contributed by atoms with Gasteiger partial charge in [0.05, 0.1) is 6.10 Å². The number of ether oxygens (including phenoxy) is 1. The fourth-order valence-electron chi connectivity index (χ4n) is 2.84. The van der Waals surface area contributed by atoms with E-state index < -0.39 is 0 Å². The van der Waals surface area contributed by atoms with Crippen LogP contribution in [0.3, 0.4) is 0 Å². The highest BCUT2D eigenvalue weighted by molar-refractivity contribution is 5.23. The van der Waals surface area contributed by atoms with Crippen LogP contribution in [0.2, 0.25) is 0 Å². The second-order valence-corrected chi connectivity index (χ2v) is 5.46. The van der Waals surface area contributed by atoms with Gasteiger partial charge in [0, 0.05) is 19.2 Å². The Morgan fingerprint density at radius 3 is 2.50 bits per heavy atom. The van der Waals surface area contributed by atoms with Gasteiger partial charge in [0.1, 0.15) is 0 Å². The lowest BCUT2D eigenvalue weighted by Gasteiger charge is -2.33. The Hall–Kier alpha value is -0.860. The first kappa shape index (κ1) is 13.6. The van der Waals surface area contributed by atoms with Gasteiger partial charge in [-0.25, -0.2) is 0 Å². The second kappa shape index (κ2) is 6.35. The summed E-state index contributed by atoms with van der Waals surface area (Å²) in [5.74, 6) is 0. The zero-order chi connectivity index (χ0) is 13.0. The molecule has 1 aliphatic rings. The van der Waals surface area contributed by atoms with E-state index >= 15 is 0 Å². The maximum Gasteiger partial charge on any atom is 0.0724 e. The molecule has 1 N–H and O–H groups in total. The summed E-state index contributed by atoms with van der Waals surface area (Å²) in [4.78, 5) is 0. The van der Waals surface area contributed by atoms with Crippen LogP contribution in [0, 0.1) is 6.92 Å². The van der Waals surface area contributed by atoms with E-state index in [1.165, 1.54) is 36.8 Å². The number of hydrogen-bond donors (Lipinski definition) is 1. The van der Waals surface area contributed by atoms with Gasteiger partial charge >= 0.3 is 0 Å². The van der Waals surface area contributed by atoms with E-state index in [1.54, 1.807) is 0 Å². The summed E-state index contributed by atoms with van der Waals surface area (Å²) in [7, 11) is 1.83. The van der Waals surface area contributed by atoms with E-state index in [-0.39, 0.29) is 0 Å². The molecular weight excluding hydrogens is 222 g/mol. The van der Waals surface area contributed by atoms with Gasteiger partial charge in [-0.1, -0.05) is 42.7 Å². The standard InChI is InChI=1S/C16H25NO/c1-12-8-10-14(11-9-12)13(2)17-15-6-4-5-7-16(15)18-3/h8-11,13,15-17H,4-7H2,1-3H3/t13-,15?,16?/m1/s1. The molecule has 100 valence electrons. The van der Waals surface area contributed by atoms with Crippen molar-refractivity contribution in [2.45, 2.75) is 57.7 Å². The molecule has 1 saturated carbocycles. The van der Waals surface area contributed by atoms with Gasteiger partial charge in [0.25, 0.3) is 0 Å². The third-order valence-corrected chi connectivity index (χ3v) is 4.05. The van der Waals surface area contributed by atoms with E-state index in [0.717, 1.165) is 0 Å². The van der Waals surface area contributed by atoms with Crippen LogP contribution >= 0.6 is 0 Å². The van der Waals surface area contributed by atoms with Crippen molar-refractivity contribution in [2.75, 3.05) is 7.11 Å². The molecule has 2 nitrogen and oxygen atoms in total. The monoisotopic (exact) mass is 247 g/mol. The maximum absolute atomic E-state index is 5.60. The Kier molecular flexibility index (Phi) is 4.79. The molecule has 0 saturated heterocycles. The largest absolute Gasteiger partial charge is 0.380 e. The Bertz CT molecular complexity index is 360. The minimum Gasteiger partial charge on any atom is -0.380 e. The van der Waals surface area contributed by atoms with Gasteiger partial charge in [0.2, 0.25) is 0 Å². The smallest absolute Gasteiger partial charge is 0.0724 e. The Labute approximate surface area is 111 Å². The number of methoxy groups -OCH3 is 1. The van der Waals surface area contributed by atoms with Crippen LogP contribution in [0.25, 0.3) is 0 Å². The van der Waals surface area contributed by atoms with Crippen molar-refractivity contribution in [1.29, 1.82) is 0 Å². The molecule has 1 aliphatic carbocycles. The molecule has 0 spiro atoms. The number of nitrogens with one attached hydrogen (secondary N) is 1. The molecule has 0 aromatic heterocycles. The topological polar surface area (TPSA) is 21.3 Å². The van der Waals surface area contributed by atoms with Crippen molar-refractivity contribution in [3.8, 4) is 0 Å². The third-order valence-electron chi connectivity index (χ3n) is 4.05. The Balaban J connectivity index is 1.97. The van der Waals surface area contributed by atoms with Gasteiger partial charge in [-0.15, -0.1) is 0 Å². The summed E-state index contributed by atoms with van der Waals surface area (Å²) in [6, 6.07) is 9.70. The van der Waals surface area contributed by atoms with Crippen LogP contribution in [-0.4, -0.2) is 19.3 Å². The summed E-state index contributed by atoms with van der Waals surface area (Å²) in [6.45, 7) is 4.37. The molecular formula is C16H25NO. The normalized spacial score (nSPS) is 25.9. The molecule has 2 heteroatoms. The molecule has 2 rings (SSSR count). The van der Waals surface area contributed by atoms with E-state index in [1.807, 2.05) is 7.11 Å². The lowest BCUT2D eigenvalue weighted by atomic mass is 9.91. The highest BCUT2D eigenvalue weighted by atomic mass is 16.5. The summed E-state index contributed by atoms with van der Waals surface area (Å²) in [5, 5.41) is 3.73. The molecule has 1 aromatic rings. The van der Waals surface area contributed by atoms with Crippen molar-refractivity contribution in [2.24, 2.45) is 0 Å². The zero-order valence-corrected chi connectivity index (χ0v) is 11.8. The second-order valence-electron chi connectivity index (χ2n) is 5.46. The quantitative estimate of drug-likeness (QED) is 0.877. The van der Waals surface area contributed by atoms with Crippen LogP contribution in [0.4, 0.5) is 0 Å². The Morgan fingerprint density at radius 1 is 1.17 bits per heavy atom. The average Bonchev–Trinajstić information content (AvgIpc) is 2.40.